The highest BCUT2D eigenvalue weighted by Crippen LogP contribution is 2.21. The maximum atomic E-state index is 12.4. The summed E-state index contributed by atoms with van der Waals surface area (Å²) in [4.78, 5) is 35.3. The summed E-state index contributed by atoms with van der Waals surface area (Å²) in [6, 6.07) is 1.94. The Hall–Kier alpha value is -1.94. The quantitative estimate of drug-likeness (QED) is 0.689. The van der Waals surface area contributed by atoms with Crippen molar-refractivity contribution in [1.82, 2.24) is 19.8 Å². The van der Waals surface area contributed by atoms with E-state index >= 15 is 0 Å². The number of likely N-dealkylation sites (tertiary alicyclic amines) is 1. The van der Waals surface area contributed by atoms with Crippen LogP contribution in [-0.2, 0) is 9.59 Å². The number of hydrogen-bond acceptors (Lipinski definition) is 8. The number of hydrogen-bond donors (Lipinski definition) is 0. The van der Waals surface area contributed by atoms with Crippen LogP contribution in [0, 0.1) is 0 Å². The minimum atomic E-state index is -0.0979. The van der Waals surface area contributed by atoms with Crippen LogP contribution in [0.1, 0.15) is 12.8 Å². The molecule has 0 bridgehead atoms. The van der Waals surface area contributed by atoms with Gasteiger partial charge in [-0.2, -0.15) is 4.98 Å². The van der Waals surface area contributed by atoms with Crippen molar-refractivity contribution in [3.05, 3.63) is 12.3 Å². The van der Waals surface area contributed by atoms with Gasteiger partial charge in [0.15, 0.2) is 0 Å². The van der Waals surface area contributed by atoms with Gasteiger partial charge in [0.25, 0.3) is 0 Å². The molecule has 0 atom stereocenters. The first-order chi connectivity index (χ1) is 12.1. The number of methoxy groups -OCH3 is 1. The first-order valence-electron chi connectivity index (χ1n) is 7.85. The van der Waals surface area contributed by atoms with E-state index in [2.05, 4.69) is 9.97 Å². The molecule has 2 amide bonds. The lowest BCUT2D eigenvalue weighted by Gasteiger charge is -2.32. The molecule has 2 aliphatic heterocycles. The number of nitrogens with zero attached hydrogens (tertiary/aromatic N) is 4. The maximum Gasteiger partial charge on any atom is 0.319 e. The summed E-state index contributed by atoms with van der Waals surface area (Å²) in [6.07, 6.45) is 2.96. The van der Waals surface area contributed by atoms with Gasteiger partial charge in [-0.1, -0.05) is 24.0 Å². The monoisotopic (exact) mass is 382 g/mol. The molecule has 2 fully saturated rings. The second kappa shape index (κ2) is 7.96. The van der Waals surface area contributed by atoms with E-state index in [1.165, 1.54) is 23.8 Å². The molecule has 8 nitrogen and oxygen atoms in total. The zero-order valence-corrected chi connectivity index (χ0v) is 15.3. The van der Waals surface area contributed by atoms with Gasteiger partial charge in [-0.3, -0.25) is 14.5 Å². The first-order valence-corrected chi connectivity index (χ1v) is 9.25. The number of carbonyl (C=O) groups excluding carboxylic acids is 2. The molecule has 134 valence electrons. The average molecular weight is 382 g/mol. The highest BCUT2D eigenvalue weighted by atomic mass is 32.2. The number of carbonyl (C=O) groups is 2. The molecule has 1 aromatic rings. The van der Waals surface area contributed by atoms with E-state index in [1.54, 1.807) is 17.2 Å². The fraction of sp³-hybridized carbons (Fsp3) is 0.533. The van der Waals surface area contributed by atoms with E-state index in [1.807, 2.05) is 0 Å². The summed E-state index contributed by atoms with van der Waals surface area (Å²) in [5.41, 5.74) is 0. The van der Waals surface area contributed by atoms with Gasteiger partial charge in [-0.25, -0.2) is 4.98 Å². The minimum Gasteiger partial charge on any atom is -0.474 e. The molecule has 0 N–H and O–H groups in total. The van der Waals surface area contributed by atoms with Crippen molar-refractivity contribution >= 4 is 40.1 Å². The third-order valence-corrected chi connectivity index (χ3v) is 5.44. The van der Waals surface area contributed by atoms with Crippen LogP contribution in [0.3, 0.4) is 0 Å². The summed E-state index contributed by atoms with van der Waals surface area (Å²) in [6.45, 7) is 1.18. The number of piperidine rings is 1. The molecule has 3 rings (SSSR count). The molecule has 2 saturated heterocycles. The van der Waals surface area contributed by atoms with Crippen molar-refractivity contribution in [2.45, 2.75) is 18.9 Å². The Morgan fingerprint density at radius 3 is 2.84 bits per heavy atom. The van der Waals surface area contributed by atoms with E-state index in [0.29, 0.717) is 41.9 Å². The Balaban J connectivity index is 1.48. The van der Waals surface area contributed by atoms with Crippen LogP contribution in [0.2, 0.25) is 0 Å². The zero-order chi connectivity index (χ0) is 17.8. The normalized spacial score (nSPS) is 18.6. The lowest BCUT2D eigenvalue weighted by atomic mass is 10.1. The van der Waals surface area contributed by atoms with Crippen LogP contribution in [-0.4, -0.2) is 74.5 Å². The van der Waals surface area contributed by atoms with E-state index < -0.39 is 0 Å². The van der Waals surface area contributed by atoms with Gasteiger partial charge in [-0.05, 0) is 0 Å². The Labute approximate surface area is 154 Å². The molecule has 0 saturated carbocycles. The molecule has 1 aromatic heterocycles. The predicted molar refractivity (Wildman–Crippen MR) is 95.6 cm³/mol. The minimum absolute atomic E-state index is 0.0197. The van der Waals surface area contributed by atoms with Gasteiger partial charge in [0.2, 0.25) is 17.7 Å². The molecule has 10 heteroatoms. The molecule has 0 radical (unpaired) electrons. The van der Waals surface area contributed by atoms with Crippen LogP contribution in [0.25, 0.3) is 0 Å². The van der Waals surface area contributed by atoms with Crippen molar-refractivity contribution in [1.29, 1.82) is 0 Å². The van der Waals surface area contributed by atoms with Crippen LogP contribution in [0.4, 0.5) is 0 Å². The van der Waals surface area contributed by atoms with Crippen LogP contribution < -0.4 is 9.47 Å². The zero-order valence-electron chi connectivity index (χ0n) is 13.7. The topological polar surface area (TPSA) is 84.9 Å². The molecule has 0 unspecified atom stereocenters. The number of ether oxygens (including phenoxy) is 2. The standard InChI is InChI=1S/C15H18N4O4S2/c1-22-14-16-5-2-11(17-14)23-10-3-6-18(7-4-10)12(20)8-19-13(21)9-25-15(19)24/h2,5,10H,3-4,6-9H2,1H3. The number of rotatable bonds is 5. The summed E-state index contributed by atoms with van der Waals surface area (Å²) in [7, 11) is 1.50. The number of amides is 2. The van der Waals surface area contributed by atoms with Gasteiger partial charge >= 0.3 is 6.01 Å². The Kier molecular flexibility index (Phi) is 5.69. The van der Waals surface area contributed by atoms with E-state index in [0.717, 1.165) is 0 Å². The molecule has 2 aliphatic rings. The van der Waals surface area contributed by atoms with Crippen molar-refractivity contribution < 1.29 is 19.1 Å². The van der Waals surface area contributed by atoms with E-state index in [4.69, 9.17) is 21.7 Å². The van der Waals surface area contributed by atoms with Crippen molar-refractivity contribution in [3.63, 3.8) is 0 Å². The Bertz CT molecular complexity index is 663. The highest BCUT2D eigenvalue weighted by Gasteiger charge is 2.31. The summed E-state index contributed by atoms with van der Waals surface area (Å²) in [5.74, 6) is 0.603. The van der Waals surface area contributed by atoms with E-state index in [9.17, 15) is 9.59 Å². The fourth-order valence-electron chi connectivity index (χ4n) is 2.65. The van der Waals surface area contributed by atoms with Gasteiger partial charge in [0.1, 0.15) is 17.0 Å². The van der Waals surface area contributed by atoms with Crippen molar-refractivity contribution in [2.24, 2.45) is 0 Å². The number of aromatic nitrogens is 2. The number of thiocarbonyl (C=S) groups is 1. The SMILES string of the molecule is COc1nccc(OC2CCN(C(=O)CN3C(=O)CSC3=S)CC2)n1. The summed E-state index contributed by atoms with van der Waals surface area (Å²) in [5, 5.41) is 0. The number of thioether (sulfide) groups is 1. The molecule has 25 heavy (non-hydrogen) atoms. The van der Waals surface area contributed by atoms with Crippen LogP contribution in [0.15, 0.2) is 12.3 Å². The third-order valence-electron chi connectivity index (χ3n) is 4.01. The summed E-state index contributed by atoms with van der Waals surface area (Å²) < 4.78 is 11.3. The van der Waals surface area contributed by atoms with Gasteiger partial charge in [-0.15, -0.1) is 0 Å². The molecular weight excluding hydrogens is 364 g/mol. The Morgan fingerprint density at radius 1 is 1.44 bits per heavy atom. The molecule has 0 aromatic carbocycles. The molecule has 0 spiro atoms. The largest absolute Gasteiger partial charge is 0.474 e. The smallest absolute Gasteiger partial charge is 0.319 e. The van der Waals surface area contributed by atoms with Gasteiger partial charge < -0.3 is 14.4 Å². The first kappa shape index (κ1) is 17.9. The fourth-order valence-corrected chi connectivity index (χ4v) is 3.72. The van der Waals surface area contributed by atoms with E-state index in [-0.39, 0.29) is 30.5 Å². The van der Waals surface area contributed by atoms with Crippen LogP contribution >= 0.6 is 24.0 Å². The maximum absolute atomic E-state index is 12.4. The van der Waals surface area contributed by atoms with Crippen molar-refractivity contribution in [2.75, 3.05) is 32.5 Å². The Morgan fingerprint density at radius 2 is 2.20 bits per heavy atom. The van der Waals surface area contributed by atoms with Crippen molar-refractivity contribution in [3.8, 4) is 11.9 Å². The lowest BCUT2D eigenvalue weighted by molar-refractivity contribution is -0.137. The van der Waals surface area contributed by atoms with Crippen LogP contribution in [0.5, 0.6) is 11.9 Å². The highest BCUT2D eigenvalue weighted by molar-refractivity contribution is 8.23. The molecule has 3 heterocycles. The summed E-state index contributed by atoms with van der Waals surface area (Å²) >= 11 is 6.41. The van der Waals surface area contributed by atoms with Gasteiger partial charge in [0.05, 0.1) is 12.9 Å². The predicted octanol–water partition coefficient (Wildman–Crippen LogP) is 0.715. The molecular formula is C15H18N4O4S2. The van der Waals surface area contributed by atoms with Gasteiger partial charge in [0, 0.05) is 38.2 Å². The second-order valence-electron chi connectivity index (χ2n) is 5.61. The average Bonchev–Trinajstić information content (AvgIpc) is 2.94. The second-order valence-corrected chi connectivity index (χ2v) is 7.22. The lowest BCUT2D eigenvalue weighted by Crippen LogP contribution is -2.47. The third kappa shape index (κ3) is 4.37. The molecule has 0 aliphatic carbocycles.